The van der Waals surface area contributed by atoms with Crippen molar-refractivity contribution in [2.24, 2.45) is 0 Å². The fourth-order valence-corrected chi connectivity index (χ4v) is 2.39. The number of nitrogens with zero attached hydrogens (tertiary/aromatic N) is 2. The van der Waals surface area contributed by atoms with Gasteiger partial charge in [0.1, 0.15) is 5.82 Å². The predicted molar refractivity (Wildman–Crippen MR) is 89.6 cm³/mol. The summed E-state index contributed by atoms with van der Waals surface area (Å²) in [6, 6.07) is 10.6. The molecule has 0 aliphatic rings. The second-order valence-electron chi connectivity index (χ2n) is 5.64. The van der Waals surface area contributed by atoms with Crippen molar-refractivity contribution >= 4 is 11.6 Å². The van der Waals surface area contributed by atoms with Crippen molar-refractivity contribution in [1.29, 1.82) is 0 Å². The highest BCUT2D eigenvalue weighted by Crippen LogP contribution is 2.32. The first-order valence-electron chi connectivity index (χ1n) is 7.93. The van der Waals surface area contributed by atoms with Crippen molar-refractivity contribution in [1.82, 2.24) is 9.78 Å². The van der Waals surface area contributed by atoms with E-state index in [1.807, 2.05) is 0 Å². The van der Waals surface area contributed by atoms with Crippen LogP contribution in [0.4, 0.5) is 32.0 Å². The van der Waals surface area contributed by atoms with Crippen LogP contribution in [-0.4, -0.2) is 22.3 Å². The number of anilines is 1. The molecule has 3 aromatic rings. The maximum atomic E-state index is 13.6. The Balaban J connectivity index is 1.85. The Kier molecular flexibility index (Phi) is 5.48. The monoisotopic (exact) mass is 415 g/mol. The lowest BCUT2D eigenvalue weighted by Crippen LogP contribution is -2.13. The van der Waals surface area contributed by atoms with Crippen LogP contribution in [-0.2, 0) is 6.18 Å². The molecule has 0 saturated heterocycles. The van der Waals surface area contributed by atoms with E-state index in [1.165, 1.54) is 42.5 Å². The Hall–Kier alpha value is -3.50. The van der Waals surface area contributed by atoms with Gasteiger partial charge in [0, 0.05) is 11.8 Å². The maximum absolute atomic E-state index is 13.6. The number of carbonyl (C=O) groups excluding carboxylic acids is 1. The van der Waals surface area contributed by atoms with Crippen LogP contribution < -0.4 is 10.1 Å². The van der Waals surface area contributed by atoms with E-state index in [0.717, 1.165) is 6.07 Å². The summed E-state index contributed by atoms with van der Waals surface area (Å²) in [6.45, 7) is -3.36. The molecule has 1 heterocycles. The smallest absolute Gasteiger partial charge is 0.417 e. The van der Waals surface area contributed by atoms with Gasteiger partial charge in [-0.05, 0) is 36.4 Å². The van der Waals surface area contributed by atoms with E-state index in [4.69, 9.17) is 0 Å². The highest BCUT2D eigenvalue weighted by Gasteiger charge is 2.36. The first kappa shape index (κ1) is 20.2. The van der Waals surface area contributed by atoms with Gasteiger partial charge in [0.05, 0.1) is 11.3 Å². The predicted octanol–water partition coefficient (Wildman–Crippen LogP) is 4.88. The van der Waals surface area contributed by atoms with Gasteiger partial charge in [-0.3, -0.25) is 4.79 Å². The van der Waals surface area contributed by atoms with Crippen molar-refractivity contribution < 1.29 is 35.9 Å². The van der Waals surface area contributed by atoms with Gasteiger partial charge in [0.25, 0.3) is 5.91 Å². The number of benzene rings is 2. The minimum Gasteiger partial charge on any atom is -0.417 e. The molecule has 0 aliphatic heterocycles. The molecule has 1 N–H and O–H groups in total. The second-order valence-corrected chi connectivity index (χ2v) is 5.64. The summed E-state index contributed by atoms with van der Waals surface area (Å²) in [5, 5.41) is 5.67. The molecular weight excluding hydrogens is 404 g/mol. The molecular formula is C18H11F6N3O2. The van der Waals surface area contributed by atoms with Crippen LogP contribution >= 0.6 is 0 Å². The summed E-state index contributed by atoms with van der Waals surface area (Å²) in [4.78, 5) is 12.1. The number of rotatable bonds is 5. The number of hydrogen-bond donors (Lipinski definition) is 1. The largest absolute Gasteiger partial charge is 0.435 e. The van der Waals surface area contributed by atoms with Crippen LogP contribution in [0.2, 0.25) is 0 Å². The molecule has 0 radical (unpaired) electrons. The molecule has 152 valence electrons. The van der Waals surface area contributed by atoms with Gasteiger partial charge >= 0.3 is 12.8 Å². The van der Waals surface area contributed by atoms with E-state index >= 15 is 0 Å². The lowest BCUT2D eigenvalue weighted by Gasteiger charge is -2.10. The number of carbonyl (C=O) groups is 1. The molecule has 0 atom stereocenters. The lowest BCUT2D eigenvalue weighted by molar-refractivity contribution is -0.141. The van der Waals surface area contributed by atoms with Crippen molar-refractivity contribution in [2.75, 3.05) is 5.32 Å². The highest BCUT2D eigenvalue weighted by molar-refractivity contribution is 6.04. The van der Waals surface area contributed by atoms with Crippen LogP contribution in [0.15, 0.2) is 54.6 Å². The van der Waals surface area contributed by atoms with Crippen molar-refractivity contribution in [3.8, 4) is 11.6 Å². The Morgan fingerprint density at radius 2 is 1.72 bits per heavy atom. The Labute approximate surface area is 159 Å². The zero-order chi connectivity index (χ0) is 21.2. The van der Waals surface area contributed by atoms with E-state index in [-0.39, 0.29) is 16.9 Å². The van der Waals surface area contributed by atoms with Gasteiger partial charge in [0.15, 0.2) is 5.69 Å². The summed E-state index contributed by atoms with van der Waals surface area (Å²) in [5.41, 5.74) is -1.45. The Bertz CT molecular complexity index is 1020. The van der Waals surface area contributed by atoms with Crippen molar-refractivity contribution in [3.63, 3.8) is 0 Å². The fourth-order valence-electron chi connectivity index (χ4n) is 2.39. The summed E-state index contributed by atoms with van der Waals surface area (Å²) in [5.74, 6) is -2.28. The first-order chi connectivity index (χ1) is 13.6. The average molecular weight is 415 g/mol. The minimum atomic E-state index is -4.86. The quantitative estimate of drug-likeness (QED) is 0.604. The third-order valence-corrected chi connectivity index (χ3v) is 3.67. The summed E-state index contributed by atoms with van der Waals surface area (Å²) in [7, 11) is 0. The molecule has 2 aromatic carbocycles. The van der Waals surface area contributed by atoms with E-state index in [9.17, 15) is 31.1 Å². The van der Waals surface area contributed by atoms with Crippen LogP contribution in [0.5, 0.6) is 5.88 Å². The molecule has 1 amide bonds. The zero-order valence-electron chi connectivity index (χ0n) is 14.3. The van der Waals surface area contributed by atoms with E-state index < -0.39 is 36.1 Å². The molecule has 0 aliphatic carbocycles. The molecule has 0 saturated carbocycles. The summed E-state index contributed by atoms with van der Waals surface area (Å²) in [6.07, 6.45) is -4.86. The van der Waals surface area contributed by atoms with E-state index in [2.05, 4.69) is 15.2 Å². The van der Waals surface area contributed by atoms with Gasteiger partial charge in [-0.2, -0.15) is 27.1 Å². The lowest BCUT2D eigenvalue weighted by atomic mass is 10.2. The first-order valence-corrected chi connectivity index (χ1v) is 7.93. The van der Waals surface area contributed by atoms with E-state index in [1.54, 1.807) is 0 Å². The van der Waals surface area contributed by atoms with Gasteiger partial charge < -0.3 is 10.1 Å². The minimum absolute atomic E-state index is 0.0277. The SMILES string of the molecule is O=C(Nc1ccc(-n2nc(C(F)(F)F)cc2OC(F)F)cc1)c1ccccc1F. The average Bonchev–Trinajstić information content (AvgIpc) is 3.06. The fraction of sp³-hybridized carbons (Fsp3) is 0.111. The number of halogens is 6. The second kappa shape index (κ2) is 7.86. The number of nitrogens with one attached hydrogen (secondary N) is 1. The zero-order valence-corrected chi connectivity index (χ0v) is 14.3. The summed E-state index contributed by atoms with van der Waals surface area (Å²) >= 11 is 0. The number of amides is 1. The molecule has 0 unspecified atom stereocenters. The molecule has 0 bridgehead atoms. The Morgan fingerprint density at radius 3 is 2.31 bits per heavy atom. The molecule has 1 aromatic heterocycles. The topological polar surface area (TPSA) is 56.2 Å². The molecule has 0 spiro atoms. The molecule has 3 rings (SSSR count). The van der Waals surface area contributed by atoms with Crippen LogP contribution in [0.25, 0.3) is 5.69 Å². The maximum Gasteiger partial charge on any atom is 0.435 e. The molecule has 0 fully saturated rings. The summed E-state index contributed by atoms with van der Waals surface area (Å²) < 4.78 is 81.8. The highest BCUT2D eigenvalue weighted by atomic mass is 19.4. The van der Waals surface area contributed by atoms with Gasteiger partial charge in [-0.15, -0.1) is 0 Å². The molecule has 11 heteroatoms. The Morgan fingerprint density at radius 1 is 1.07 bits per heavy atom. The van der Waals surface area contributed by atoms with Gasteiger partial charge in [0.2, 0.25) is 5.88 Å². The van der Waals surface area contributed by atoms with Gasteiger partial charge in [-0.1, -0.05) is 12.1 Å². The number of alkyl halides is 5. The van der Waals surface area contributed by atoms with Crippen LogP contribution in [0.3, 0.4) is 0 Å². The molecule has 5 nitrogen and oxygen atoms in total. The number of hydrogen-bond acceptors (Lipinski definition) is 3. The normalized spacial score (nSPS) is 11.6. The third kappa shape index (κ3) is 4.68. The number of ether oxygens (including phenoxy) is 1. The van der Waals surface area contributed by atoms with E-state index in [0.29, 0.717) is 10.7 Å². The van der Waals surface area contributed by atoms with Gasteiger partial charge in [-0.25, -0.2) is 9.07 Å². The molecule has 29 heavy (non-hydrogen) atoms. The van der Waals surface area contributed by atoms with Crippen LogP contribution in [0, 0.1) is 5.82 Å². The van der Waals surface area contributed by atoms with Crippen molar-refractivity contribution in [2.45, 2.75) is 12.8 Å². The van der Waals surface area contributed by atoms with Crippen LogP contribution in [0.1, 0.15) is 16.1 Å². The standard InChI is InChI=1S/C18H11F6N3O2/c19-13-4-2-1-3-12(13)16(28)25-10-5-7-11(8-6-10)27-15(29-17(20)21)9-14(26-27)18(22,23)24/h1-9,17H,(H,25,28). The number of aromatic nitrogens is 2. The third-order valence-electron chi connectivity index (χ3n) is 3.67. The van der Waals surface area contributed by atoms with Crippen molar-refractivity contribution in [3.05, 3.63) is 71.7 Å².